The van der Waals surface area contributed by atoms with Gasteiger partial charge in [-0.05, 0) is 55.7 Å². The molecule has 1 heteroatoms. The Morgan fingerprint density at radius 3 is 2.56 bits per heavy atom. The summed E-state index contributed by atoms with van der Waals surface area (Å²) in [6, 6.07) is 7.38. The lowest BCUT2D eigenvalue weighted by Gasteiger charge is -2.36. The Bertz CT molecular complexity index is 395. The number of hydrogen-bond acceptors (Lipinski definition) is 1. The number of anilines is 1. The van der Waals surface area contributed by atoms with Crippen LogP contribution in [0, 0.1) is 25.7 Å². The first-order chi connectivity index (χ1) is 8.58. The van der Waals surface area contributed by atoms with Gasteiger partial charge in [0.2, 0.25) is 0 Å². The summed E-state index contributed by atoms with van der Waals surface area (Å²) >= 11 is 0. The molecule has 1 aliphatic rings. The second-order valence-electron chi connectivity index (χ2n) is 6.26. The maximum Gasteiger partial charge on any atom is 0.0374 e. The highest BCUT2D eigenvalue weighted by atomic mass is 14.9. The van der Waals surface area contributed by atoms with Gasteiger partial charge in [0.1, 0.15) is 0 Å². The third-order valence-corrected chi connectivity index (χ3v) is 4.41. The van der Waals surface area contributed by atoms with E-state index in [-0.39, 0.29) is 0 Å². The second-order valence-corrected chi connectivity index (χ2v) is 6.26. The van der Waals surface area contributed by atoms with Crippen LogP contribution in [0.5, 0.6) is 0 Å². The van der Waals surface area contributed by atoms with Crippen LogP contribution in [0.15, 0.2) is 18.2 Å². The predicted octanol–water partition coefficient (Wildman–Crippen LogP) is 4.93. The molecule has 1 N–H and O–H groups in total. The van der Waals surface area contributed by atoms with E-state index in [0.717, 1.165) is 11.8 Å². The number of hydrogen-bond donors (Lipinski definition) is 1. The van der Waals surface area contributed by atoms with Gasteiger partial charge in [-0.3, -0.25) is 0 Å². The molecule has 1 saturated carbocycles. The maximum atomic E-state index is 3.82. The Hall–Kier alpha value is -0.980. The summed E-state index contributed by atoms with van der Waals surface area (Å²) in [4.78, 5) is 0. The van der Waals surface area contributed by atoms with Gasteiger partial charge in [-0.25, -0.2) is 0 Å². The van der Waals surface area contributed by atoms with Gasteiger partial charge in [-0.15, -0.1) is 0 Å². The zero-order valence-corrected chi connectivity index (χ0v) is 12.3. The lowest BCUT2D eigenvalue weighted by Crippen LogP contribution is -2.35. The molecule has 100 valence electrons. The van der Waals surface area contributed by atoms with Crippen molar-refractivity contribution in [2.45, 2.75) is 59.4 Å². The summed E-state index contributed by atoms with van der Waals surface area (Å²) in [6.45, 7) is 9.11. The topological polar surface area (TPSA) is 12.0 Å². The van der Waals surface area contributed by atoms with Gasteiger partial charge in [0.05, 0.1) is 0 Å². The second kappa shape index (κ2) is 5.77. The average molecular weight is 245 g/mol. The number of benzene rings is 1. The molecule has 18 heavy (non-hydrogen) atoms. The Morgan fingerprint density at radius 1 is 1.11 bits per heavy atom. The van der Waals surface area contributed by atoms with Gasteiger partial charge < -0.3 is 5.32 Å². The lowest BCUT2D eigenvalue weighted by molar-refractivity contribution is 0.254. The first-order valence-electron chi connectivity index (χ1n) is 7.41. The average Bonchev–Trinajstić information content (AvgIpc) is 2.34. The zero-order valence-electron chi connectivity index (χ0n) is 12.3. The first-order valence-corrected chi connectivity index (χ1v) is 7.41. The fourth-order valence-electron chi connectivity index (χ4n) is 3.23. The van der Waals surface area contributed by atoms with E-state index in [1.165, 1.54) is 42.5 Å². The van der Waals surface area contributed by atoms with Crippen LogP contribution in [0.25, 0.3) is 0 Å². The van der Waals surface area contributed by atoms with Gasteiger partial charge in [-0.2, -0.15) is 0 Å². The van der Waals surface area contributed by atoms with Crippen molar-refractivity contribution in [1.29, 1.82) is 0 Å². The van der Waals surface area contributed by atoms with Crippen molar-refractivity contribution in [3.8, 4) is 0 Å². The fraction of sp³-hybridized carbons (Fsp3) is 0.647. The highest BCUT2D eigenvalue weighted by molar-refractivity contribution is 5.53. The molecule has 0 amide bonds. The van der Waals surface area contributed by atoms with Gasteiger partial charge in [0, 0.05) is 11.7 Å². The van der Waals surface area contributed by atoms with E-state index in [0.29, 0.717) is 6.04 Å². The molecule has 0 spiro atoms. The van der Waals surface area contributed by atoms with E-state index in [1.807, 2.05) is 0 Å². The summed E-state index contributed by atoms with van der Waals surface area (Å²) in [7, 11) is 0. The number of nitrogens with one attached hydrogen (secondary N) is 1. The number of aryl methyl sites for hydroxylation is 2. The minimum absolute atomic E-state index is 0.666. The van der Waals surface area contributed by atoms with Crippen molar-refractivity contribution in [2.75, 3.05) is 5.32 Å². The van der Waals surface area contributed by atoms with Gasteiger partial charge in [0.15, 0.2) is 0 Å². The van der Waals surface area contributed by atoms with Gasteiger partial charge in [-0.1, -0.05) is 38.8 Å². The van der Waals surface area contributed by atoms with E-state index in [1.54, 1.807) is 0 Å². The molecule has 0 aromatic heterocycles. The molecule has 1 aromatic carbocycles. The van der Waals surface area contributed by atoms with Crippen molar-refractivity contribution >= 4 is 5.69 Å². The minimum atomic E-state index is 0.666. The molecular weight excluding hydrogens is 218 g/mol. The Labute approximate surface area is 112 Å². The third-order valence-electron chi connectivity index (χ3n) is 4.41. The molecule has 0 radical (unpaired) electrons. The molecule has 1 aliphatic carbocycles. The monoisotopic (exact) mass is 245 g/mol. The molecule has 2 unspecified atom stereocenters. The van der Waals surface area contributed by atoms with Crippen LogP contribution in [-0.2, 0) is 0 Å². The molecule has 2 atom stereocenters. The summed E-state index contributed by atoms with van der Waals surface area (Å²) in [5, 5.41) is 3.82. The van der Waals surface area contributed by atoms with Crippen LogP contribution in [0.1, 0.15) is 50.7 Å². The SMILES string of the molecule is Cc1ccc(C)c(NC2CCCCC2C(C)C)c1. The molecular formula is C17H27N. The Kier molecular flexibility index (Phi) is 4.31. The normalized spacial score (nSPS) is 24.3. The molecule has 0 aliphatic heterocycles. The standard InChI is InChI=1S/C17H27N/c1-12(2)15-7-5-6-8-16(15)18-17-11-13(3)9-10-14(17)4/h9-12,15-16,18H,5-8H2,1-4H3. The molecule has 0 heterocycles. The molecule has 1 aromatic rings. The Balaban J connectivity index is 2.13. The highest BCUT2D eigenvalue weighted by Crippen LogP contribution is 2.33. The van der Waals surface area contributed by atoms with Crippen molar-refractivity contribution in [3.63, 3.8) is 0 Å². The van der Waals surface area contributed by atoms with Crippen molar-refractivity contribution < 1.29 is 0 Å². The van der Waals surface area contributed by atoms with Gasteiger partial charge >= 0.3 is 0 Å². The zero-order chi connectivity index (χ0) is 13.1. The van der Waals surface area contributed by atoms with Crippen LogP contribution < -0.4 is 5.32 Å². The van der Waals surface area contributed by atoms with Crippen molar-refractivity contribution in [2.24, 2.45) is 11.8 Å². The van der Waals surface area contributed by atoms with Crippen LogP contribution in [0.4, 0.5) is 5.69 Å². The third kappa shape index (κ3) is 3.07. The van der Waals surface area contributed by atoms with E-state index in [4.69, 9.17) is 0 Å². The van der Waals surface area contributed by atoms with Crippen LogP contribution >= 0.6 is 0 Å². The molecule has 1 nitrogen and oxygen atoms in total. The molecule has 0 saturated heterocycles. The van der Waals surface area contributed by atoms with Crippen LogP contribution in [-0.4, -0.2) is 6.04 Å². The van der Waals surface area contributed by atoms with Crippen molar-refractivity contribution in [3.05, 3.63) is 29.3 Å². The van der Waals surface area contributed by atoms with E-state index in [2.05, 4.69) is 51.2 Å². The highest BCUT2D eigenvalue weighted by Gasteiger charge is 2.27. The summed E-state index contributed by atoms with van der Waals surface area (Å²) < 4.78 is 0. The summed E-state index contributed by atoms with van der Waals surface area (Å²) in [6.07, 6.45) is 5.51. The fourth-order valence-corrected chi connectivity index (χ4v) is 3.23. The predicted molar refractivity (Wildman–Crippen MR) is 80.1 cm³/mol. The van der Waals surface area contributed by atoms with E-state index >= 15 is 0 Å². The molecule has 2 rings (SSSR count). The smallest absolute Gasteiger partial charge is 0.0374 e. The quantitative estimate of drug-likeness (QED) is 0.796. The maximum absolute atomic E-state index is 3.82. The number of rotatable bonds is 3. The Morgan fingerprint density at radius 2 is 1.83 bits per heavy atom. The van der Waals surface area contributed by atoms with Crippen LogP contribution in [0.3, 0.4) is 0 Å². The largest absolute Gasteiger partial charge is 0.382 e. The summed E-state index contributed by atoms with van der Waals surface area (Å²) in [5.41, 5.74) is 4.06. The van der Waals surface area contributed by atoms with Crippen molar-refractivity contribution in [1.82, 2.24) is 0 Å². The summed E-state index contributed by atoms with van der Waals surface area (Å²) in [5.74, 6) is 1.62. The van der Waals surface area contributed by atoms with Gasteiger partial charge in [0.25, 0.3) is 0 Å². The molecule has 0 bridgehead atoms. The van der Waals surface area contributed by atoms with E-state index < -0.39 is 0 Å². The lowest BCUT2D eigenvalue weighted by atomic mass is 9.77. The molecule has 1 fully saturated rings. The van der Waals surface area contributed by atoms with E-state index in [9.17, 15) is 0 Å². The first kappa shape index (κ1) is 13.5. The van der Waals surface area contributed by atoms with Crippen LogP contribution in [0.2, 0.25) is 0 Å². The minimum Gasteiger partial charge on any atom is -0.382 e.